The van der Waals surface area contributed by atoms with E-state index in [1.54, 1.807) is 7.05 Å². The molecule has 0 aliphatic carbocycles. The van der Waals surface area contributed by atoms with Gasteiger partial charge in [0.25, 0.3) is 5.95 Å². The minimum Gasteiger partial charge on any atom is -0.455 e. The summed E-state index contributed by atoms with van der Waals surface area (Å²) in [7, 11) is 1.72. The van der Waals surface area contributed by atoms with Crippen molar-refractivity contribution in [2.45, 2.75) is 6.10 Å². The van der Waals surface area contributed by atoms with Gasteiger partial charge in [0.05, 0.1) is 13.2 Å². The third-order valence-electron chi connectivity index (χ3n) is 2.33. The second-order valence-corrected chi connectivity index (χ2v) is 3.61. The Morgan fingerprint density at radius 3 is 2.89 bits per heavy atom. The summed E-state index contributed by atoms with van der Waals surface area (Å²) in [5.74, 6) is 0.757. The van der Waals surface area contributed by atoms with Crippen LogP contribution in [0, 0.1) is 0 Å². The van der Waals surface area contributed by atoms with Crippen molar-refractivity contribution in [3.8, 4) is 12.0 Å². The minimum absolute atomic E-state index is 0.000651. The molecule has 1 aliphatic heterocycles. The molecule has 1 aliphatic rings. The molecule has 2 aromatic heterocycles. The van der Waals surface area contributed by atoms with Crippen molar-refractivity contribution in [2.24, 2.45) is 0 Å². The van der Waals surface area contributed by atoms with Crippen LogP contribution in [0.2, 0.25) is 0 Å². The van der Waals surface area contributed by atoms with Gasteiger partial charge in [-0.05, 0) is 0 Å². The molecule has 3 rings (SSSR count). The van der Waals surface area contributed by atoms with Crippen molar-refractivity contribution in [3.63, 3.8) is 0 Å². The Balaban J connectivity index is 1.90. The molecule has 0 radical (unpaired) electrons. The number of hydrogen-bond acceptors (Lipinski definition) is 8. The zero-order chi connectivity index (χ0) is 12.4. The van der Waals surface area contributed by atoms with Crippen LogP contribution in [0.15, 0.2) is 12.7 Å². The summed E-state index contributed by atoms with van der Waals surface area (Å²) in [5, 5.41) is 6.81. The monoisotopic (exact) mass is 249 g/mol. The van der Waals surface area contributed by atoms with Crippen LogP contribution in [0.25, 0.3) is 5.95 Å². The number of aromatic nitrogens is 6. The first-order chi connectivity index (χ1) is 8.85. The SMILES string of the molecule is CNc1nc(OC2COC2)nc(-n2cncn2)n1. The Hall–Kier alpha value is -2.29. The Bertz CT molecular complexity index is 526. The van der Waals surface area contributed by atoms with Gasteiger partial charge < -0.3 is 14.8 Å². The summed E-state index contributed by atoms with van der Waals surface area (Å²) < 4.78 is 12.0. The van der Waals surface area contributed by atoms with E-state index in [4.69, 9.17) is 9.47 Å². The second-order valence-electron chi connectivity index (χ2n) is 3.61. The van der Waals surface area contributed by atoms with Gasteiger partial charge in [0, 0.05) is 7.05 Å². The van der Waals surface area contributed by atoms with E-state index in [0.29, 0.717) is 25.1 Å². The Morgan fingerprint density at radius 1 is 1.39 bits per heavy atom. The van der Waals surface area contributed by atoms with E-state index in [0.717, 1.165) is 0 Å². The van der Waals surface area contributed by atoms with E-state index < -0.39 is 0 Å². The van der Waals surface area contributed by atoms with Crippen LogP contribution >= 0.6 is 0 Å². The molecule has 1 saturated heterocycles. The second kappa shape index (κ2) is 4.53. The highest BCUT2D eigenvalue weighted by Crippen LogP contribution is 2.14. The number of ether oxygens (including phenoxy) is 2. The van der Waals surface area contributed by atoms with Gasteiger partial charge in [-0.25, -0.2) is 4.98 Å². The van der Waals surface area contributed by atoms with Crippen LogP contribution in [0.1, 0.15) is 0 Å². The smallest absolute Gasteiger partial charge is 0.323 e. The van der Waals surface area contributed by atoms with Crippen molar-refractivity contribution in [1.82, 2.24) is 29.7 Å². The lowest BCUT2D eigenvalue weighted by atomic mass is 10.3. The first kappa shape index (κ1) is 10.8. The van der Waals surface area contributed by atoms with Crippen LogP contribution in [0.5, 0.6) is 6.01 Å². The standard InChI is InChI=1S/C9H11N7O2/c1-10-7-13-8(16-5-11-4-12-16)15-9(14-7)18-6-2-17-3-6/h4-6H,2-3H2,1H3,(H,10,13,14,15). The molecule has 0 aromatic carbocycles. The largest absolute Gasteiger partial charge is 0.455 e. The van der Waals surface area contributed by atoms with Gasteiger partial charge in [-0.3, -0.25) is 0 Å². The van der Waals surface area contributed by atoms with Gasteiger partial charge in [0.2, 0.25) is 5.95 Å². The highest BCUT2D eigenvalue weighted by atomic mass is 16.6. The fourth-order valence-corrected chi connectivity index (χ4v) is 1.36. The molecular weight excluding hydrogens is 238 g/mol. The fourth-order valence-electron chi connectivity index (χ4n) is 1.36. The molecule has 18 heavy (non-hydrogen) atoms. The van der Waals surface area contributed by atoms with E-state index in [-0.39, 0.29) is 12.1 Å². The summed E-state index contributed by atoms with van der Waals surface area (Å²) in [6.45, 7) is 1.11. The molecule has 0 spiro atoms. The van der Waals surface area contributed by atoms with Gasteiger partial charge in [0.1, 0.15) is 18.8 Å². The molecule has 2 aromatic rings. The number of nitrogens with zero attached hydrogens (tertiary/aromatic N) is 6. The van der Waals surface area contributed by atoms with Gasteiger partial charge >= 0.3 is 6.01 Å². The van der Waals surface area contributed by atoms with Crippen molar-refractivity contribution in [3.05, 3.63) is 12.7 Å². The lowest BCUT2D eigenvalue weighted by Crippen LogP contribution is -2.39. The van der Waals surface area contributed by atoms with E-state index in [9.17, 15) is 0 Å². The average Bonchev–Trinajstić information content (AvgIpc) is 2.87. The van der Waals surface area contributed by atoms with Gasteiger partial charge in [0.15, 0.2) is 0 Å². The zero-order valence-electron chi connectivity index (χ0n) is 9.65. The molecular formula is C9H11N7O2. The lowest BCUT2D eigenvalue weighted by Gasteiger charge is -2.25. The molecule has 94 valence electrons. The Morgan fingerprint density at radius 2 is 2.28 bits per heavy atom. The van der Waals surface area contributed by atoms with Crippen molar-refractivity contribution in [1.29, 1.82) is 0 Å². The van der Waals surface area contributed by atoms with E-state index in [1.165, 1.54) is 17.3 Å². The summed E-state index contributed by atoms with van der Waals surface area (Å²) >= 11 is 0. The van der Waals surface area contributed by atoms with Crippen LogP contribution in [0.3, 0.4) is 0 Å². The fraction of sp³-hybridized carbons (Fsp3) is 0.444. The molecule has 0 unspecified atom stereocenters. The van der Waals surface area contributed by atoms with Crippen molar-refractivity contribution < 1.29 is 9.47 Å². The maximum atomic E-state index is 5.54. The summed E-state index contributed by atoms with van der Waals surface area (Å²) in [6, 6.07) is 0.244. The van der Waals surface area contributed by atoms with Crippen LogP contribution in [-0.4, -0.2) is 56.1 Å². The highest BCUT2D eigenvalue weighted by Gasteiger charge is 2.22. The average molecular weight is 249 g/mol. The van der Waals surface area contributed by atoms with E-state index in [2.05, 4.69) is 30.4 Å². The third kappa shape index (κ3) is 2.07. The van der Waals surface area contributed by atoms with Crippen LogP contribution < -0.4 is 10.1 Å². The topological polar surface area (TPSA) is 99.9 Å². The maximum absolute atomic E-state index is 5.54. The van der Waals surface area contributed by atoms with E-state index >= 15 is 0 Å². The van der Waals surface area contributed by atoms with Crippen molar-refractivity contribution in [2.75, 3.05) is 25.6 Å². The van der Waals surface area contributed by atoms with Gasteiger partial charge in [-0.1, -0.05) is 0 Å². The molecule has 1 fully saturated rings. The molecule has 0 atom stereocenters. The Kier molecular flexibility index (Phi) is 2.73. The predicted octanol–water partition coefficient (Wildman–Crippen LogP) is -0.728. The summed E-state index contributed by atoms with van der Waals surface area (Å²) in [4.78, 5) is 16.3. The van der Waals surface area contributed by atoms with E-state index in [1.807, 2.05) is 0 Å². The number of nitrogens with one attached hydrogen (secondary N) is 1. The van der Waals surface area contributed by atoms with Gasteiger partial charge in [-0.15, -0.1) is 0 Å². The number of anilines is 1. The summed E-state index contributed by atoms with van der Waals surface area (Å²) in [6.07, 6.45) is 2.91. The van der Waals surface area contributed by atoms with Crippen LogP contribution in [0.4, 0.5) is 5.95 Å². The number of hydrogen-bond donors (Lipinski definition) is 1. The predicted molar refractivity (Wildman–Crippen MR) is 59.5 cm³/mol. The molecule has 0 amide bonds. The molecule has 9 nitrogen and oxygen atoms in total. The molecule has 1 N–H and O–H groups in total. The quantitative estimate of drug-likeness (QED) is 0.757. The van der Waals surface area contributed by atoms with Gasteiger partial charge in [-0.2, -0.15) is 24.7 Å². The normalized spacial score (nSPS) is 15.2. The molecule has 9 heteroatoms. The molecule has 0 saturated carbocycles. The molecule has 3 heterocycles. The minimum atomic E-state index is 0.000651. The van der Waals surface area contributed by atoms with Crippen molar-refractivity contribution >= 4 is 5.95 Å². The number of rotatable bonds is 4. The summed E-state index contributed by atoms with van der Waals surface area (Å²) in [5.41, 5.74) is 0. The highest BCUT2D eigenvalue weighted by molar-refractivity contribution is 5.28. The maximum Gasteiger partial charge on any atom is 0.323 e. The lowest BCUT2D eigenvalue weighted by molar-refractivity contribution is -0.0831. The Labute approximate surface area is 102 Å². The third-order valence-corrected chi connectivity index (χ3v) is 2.33. The van der Waals surface area contributed by atoms with Crippen LogP contribution in [-0.2, 0) is 4.74 Å². The zero-order valence-corrected chi connectivity index (χ0v) is 9.65. The first-order valence-corrected chi connectivity index (χ1v) is 5.38. The first-order valence-electron chi connectivity index (χ1n) is 5.38. The molecule has 0 bridgehead atoms.